The smallest absolute Gasteiger partial charge is 0.247 e. The molecule has 2 fully saturated rings. The van der Waals surface area contributed by atoms with E-state index < -0.39 is 28.5 Å². The van der Waals surface area contributed by atoms with E-state index in [4.69, 9.17) is 4.74 Å². The molecule has 2 aromatic rings. The number of carbonyl (C=O) groups excluding carboxylic acids is 1. The summed E-state index contributed by atoms with van der Waals surface area (Å²) in [4.78, 5) is 19.4. The Morgan fingerprint density at radius 3 is 2.68 bits per heavy atom. The first-order valence-electron chi connectivity index (χ1n) is 10.3. The molecule has 31 heavy (non-hydrogen) atoms. The molecule has 0 bridgehead atoms. The number of amides is 1. The van der Waals surface area contributed by atoms with Gasteiger partial charge in [0, 0.05) is 30.1 Å². The van der Waals surface area contributed by atoms with E-state index in [0.717, 1.165) is 38.2 Å². The average molecular weight is 450 g/mol. The highest BCUT2D eigenvalue weighted by Gasteiger charge is 2.53. The van der Waals surface area contributed by atoms with E-state index in [-0.39, 0.29) is 17.1 Å². The molecule has 2 atom stereocenters. The van der Waals surface area contributed by atoms with Crippen LogP contribution in [0.15, 0.2) is 35.5 Å². The standard InChI is InChI=1S/C22H25F2N3O3S/c1-30-19-16(6-5-15(23)18(19)24)27-12-10-22(8-3-4-9-22)20(27)21(28)26-14-7-11-25-17(13-14)31(2)29/h5-7,11,13,20H,3-4,8-10,12H2,1-2H3,(H,25,26,28). The van der Waals surface area contributed by atoms with Gasteiger partial charge in [0.05, 0.1) is 23.6 Å². The molecular formula is C22H25F2N3O3S. The summed E-state index contributed by atoms with van der Waals surface area (Å²) in [7, 11) is 0.0158. The summed E-state index contributed by atoms with van der Waals surface area (Å²) >= 11 is 0. The second-order valence-corrected chi connectivity index (χ2v) is 9.48. The lowest BCUT2D eigenvalue weighted by molar-refractivity contribution is -0.119. The number of rotatable bonds is 5. The third kappa shape index (κ3) is 3.91. The summed E-state index contributed by atoms with van der Waals surface area (Å²) in [6.07, 6.45) is 7.66. The molecule has 1 spiro atoms. The fraction of sp³-hybridized carbons (Fsp3) is 0.455. The zero-order chi connectivity index (χ0) is 22.2. The summed E-state index contributed by atoms with van der Waals surface area (Å²) in [5, 5.41) is 3.30. The van der Waals surface area contributed by atoms with Crippen LogP contribution in [0, 0.1) is 17.0 Å². The number of hydrogen-bond donors (Lipinski definition) is 1. The second-order valence-electron chi connectivity index (χ2n) is 8.16. The molecule has 1 aromatic carbocycles. The molecule has 2 heterocycles. The summed E-state index contributed by atoms with van der Waals surface area (Å²) in [6, 6.07) is 5.21. The van der Waals surface area contributed by atoms with Gasteiger partial charge in [-0.25, -0.2) is 9.37 Å². The van der Waals surface area contributed by atoms with E-state index in [1.165, 1.54) is 25.6 Å². The van der Waals surface area contributed by atoms with E-state index in [1.54, 1.807) is 12.1 Å². The van der Waals surface area contributed by atoms with E-state index in [9.17, 15) is 17.8 Å². The molecule has 9 heteroatoms. The Labute approximate surface area is 182 Å². The lowest BCUT2D eigenvalue weighted by Crippen LogP contribution is -2.48. The van der Waals surface area contributed by atoms with Crippen LogP contribution in [0.4, 0.5) is 20.2 Å². The second kappa shape index (κ2) is 8.53. The van der Waals surface area contributed by atoms with Crippen molar-refractivity contribution in [3.63, 3.8) is 0 Å². The fourth-order valence-corrected chi connectivity index (χ4v) is 5.52. The monoisotopic (exact) mass is 449 g/mol. The van der Waals surface area contributed by atoms with Gasteiger partial charge in [0.25, 0.3) is 0 Å². The molecule has 2 unspecified atom stereocenters. The number of methoxy groups -OCH3 is 1. The number of benzene rings is 1. The normalized spacial score (nSPS) is 20.8. The number of hydrogen-bond acceptors (Lipinski definition) is 5. The summed E-state index contributed by atoms with van der Waals surface area (Å²) in [6.45, 7) is 0.542. The lowest BCUT2D eigenvalue weighted by atomic mass is 9.78. The van der Waals surface area contributed by atoms with Crippen LogP contribution in [-0.4, -0.2) is 41.1 Å². The van der Waals surface area contributed by atoms with Crippen molar-refractivity contribution in [3.05, 3.63) is 42.1 Å². The maximum absolute atomic E-state index is 14.4. The quantitative estimate of drug-likeness (QED) is 0.750. The van der Waals surface area contributed by atoms with Crippen molar-refractivity contribution < 1.29 is 22.5 Å². The Bertz CT molecular complexity index is 1030. The van der Waals surface area contributed by atoms with Gasteiger partial charge in [-0.2, -0.15) is 4.39 Å². The molecule has 1 aromatic heterocycles. The first-order chi connectivity index (χ1) is 14.9. The molecule has 6 nitrogen and oxygen atoms in total. The van der Waals surface area contributed by atoms with Gasteiger partial charge in [-0.1, -0.05) is 12.8 Å². The SMILES string of the molecule is COc1c(N2CCC3(CCCC3)C2C(=O)Nc2ccnc(S(C)=O)c2)ccc(F)c1F. The van der Waals surface area contributed by atoms with Crippen LogP contribution in [0.5, 0.6) is 5.75 Å². The van der Waals surface area contributed by atoms with Gasteiger partial charge in [0.2, 0.25) is 11.7 Å². The summed E-state index contributed by atoms with van der Waals surface area (Å²) < 4.78 is 45.1. The number of halogens is 2. The average Bonchev–Trinajstić information content (AvgIpc) is 3.37. The number of anilines is 2. The maximum atomic E-state index is 14.4. The van der Waals surface area contributed by atoms with Gasteiger partial charge in [0.15, 0.2) is 11.6 Å². The van der Waals surface area contributed by atoms with E-state index in [0.29, 0.717) is 22.9 Å². The molecule has 1 saturated carbocycles. The summed E-state index contributed by atoms with van der Waals surface area (Å²) in [5.41, 5.74) is 0.640. The molecule has 1 aliphatic heterocycles. The number of nitrogens with one attached hydrogen (secondary N) is 1. The van der Waals surface area contributed by atoms with Crippen molar-refractivity contribution in [2.45, 2.75) is 43.2 Å². The largest absolute Gasteiger partial charge is 0.491 e. The zero-order valence-electron chi connectivity index (χ0n) is 17.5. The van der Waals surface area contributed by atoms with Gasteiger partial charge in [-0.05, 0) is 43.5 Å². The Morgan fingerprint density at radius 2 is 2.00 bits per heavy atom. The molecule has 1 saturated heterocycles. The molecule has 166 valence electrons. The Balaban J connectivity index is 1.71. The van der Waals surface area contributed by atoms with E-state index >= 15 is 0 Å². The highest BCUT2D eigenvalue weighted by Crippen LogP contribution is 2.52. The maximum Gasteiger partial charge on any atom is 0.247 e. The van der Waals surface area contributed by atoms with Crippen molar-refractivity contribution in [2.24, 2.45) is 5.41 Å². The zero-order valence-corrected chi connectivity index (χ0v) is 18.3. The number of aromatic nitrogens is 1. The third-order valence-corrected chi connectivity index (χ3v) is 7.24. The Kier molecular flexibility index (Phi) is 5.96. The first kappa shape index (κ1) is 21.7. The molecule has 2 aliphatic rings. The van der Waals surface area contributed by atoms with E-state index in [1.807, 2.05) is 4.90 Å². The molecule has 1 N–H and O–H groups in total. The molecule has 4 rings (SSSR count). The van der Waals surface area contributed by atoms with Gasteiger partial charge in [-0.3, -0.25) is 9.00 Å². The molecule has 0 radical (unpaired) electrons. The minimum Gasteiger partial charge on any atom is -0.491 e. The number of pyridine rings is 1. The van der Waals surface area contributed by atoms with Crippen LogP contribution >= 0.6 is 0 Å². The van der Waals surface area contributed by atoms with Crippen molar-refractivity contribution in [1.82, 2.24) is 4.98 Å². The highest BCUT2D eigenvalue weighted by atomic mass is 32.2. The topological polar surface area (TPSA) is 71.5 Å². The van der Waals surface area contributed by atoms with Crippen LogP contribution < -0.4 is 15.0 Å². The molecular weight excluding hydrogens is 424 g/mol. The molecule has 1 amide bonds. The van der Waals surface area contributed by atoms with Gasteiger partial charge >= 0.3 is 0 Å². The molecule has 1 aliphatic carbocycles. The third-order valence-electron chi connectivity index (χ3n) is 6.43. The van der Waals surface area contributed by atoms with Crippen LogP contribution in [-0.2, 0) is 15.6 Å². The van der Waals surface area contributed by atoms with Crippen LogP contribution in [0.2, 0.25) is 0 Å². The van der Waals surface area contributed by atoms with Crippen molar-refractivity contribution in [1.29, 1.82) is 0 Å². The van der Waals surface area contributed by atoms with Crippen molar-refractivity contribution in [3.8, 4) is 5.75 Å². The van der Waals surface area contributed by atoms with Crippen molar-refractivity contribution >= 4 is 28.1 Å². The number of nitrogens with zero attached hydrogens (tertiary/aromatic N) is 2. The summed E-state index contributed by atoms with van der Waals surface area (Å²) in [5.74, 6) is -2.48. The number of carbonyl (C=O) groups is 1. The predicted molar refractivity (Wildman–Crippen MR) is 115 cm³/mol. The fourth-order valence-electron chi connectivity index (χ4n) is 5.02. The van der Waals surface area contributed by atoms with E-state index in [2.05, 4.69) is 10.3 Å². The van der Waals surface area contributed by atoms with Gasteiger partial charge < -0.3 is 15.0 Å². The van der Waals surface area contributed by atoms with Crippen LogP contribution in [0.25, 0.3) is 0 Å². The highest BCUT2D eigenvalue weighted by molar-refractivity contribution is 7.84. The van der Waals surface area contributed by atoms with Crippen molar-refractivity contribution in [2.75, 3.05) is 30.1 Å². The minimum atomic E-state index is -1.28. The lowest BCUT2D eigenvalue weighted by Gasteiger charge is -2.35. The van der Waals surface area contributed by atoms with Gasteiger partial charge in [-0.15, -0.1) is 0 Å². The predicted octanol–water partition coefficient (Wildman–Crippen LogP) is 3.88. The Morgan fingerprint density at radius 1 is 1.26 bits per heavy atom. The van der Waals surface area contributed by atoms with Gasteiger partial charge in [0.1, 0.15) is 11.1 Å². The van der Waals surface area contributed by atoms with Crippen LogP contribution in [0.3, 0.4) is 0 Å². The Hall–Kier alpha value is -2.55. The minimum absolute atomic E-state index is 0.194. The first-order valence-corrected chi connectivity index (χ1v) is 11.8. The number of ether oxygens (including phenoxy) is 1. The van der Waals surface area contributed by atoms with Crippen LogP contribution in [0.1, 0.15) is 32.1 Å².